The van der Waals surface area contributed by atoms with Crippen LogP contribution in [0.5, 0.6) is 0 Å². The van der Waals surface area contributed by atoms with Gasteiger partial charge in [0.1, 0.15) is 0 Å². The minimum atomic E-state index is -0.133. The summed E-state index contributed by atoms with van der Waals surface area (Å²) < 4.78 is 7.32. The second-order valence-electron chi connectivity index (χ2n) is 10.5. The van der Waals surface area contributed by atoms with Gasteiger partial charge in [-0.15, -0.1) is 11.8 Å². The third-order valence-electron chi connectivity index (χ3n) is 7.61. The molecule has 0 spiro atoms. The number of hydrogen-bond acceptors (Lipinski definition) is 6. The summed E-state index contributed by atoms with van der Waals surface area (Å²) in [6.45, 7) is 6.12. The molecular weight excluding hydrogens is 555 g/mol. The lowest BCUT2D eigenvalue weighted by atomic mass is 9.83. The second-order valence-corrected chi connectivity index (χ2v) is 11.7. The Kier molecular flexibility index (Phi) is 9.64. The number of pyridine rings is 1. The molecule has 3 aromatic rings. The molecule has 216 valence electrons. The summed E-state index contributed by atoms with van der Waals surface area (Å²) in [6.07, 6.45) is 3.86. The molecule has 8 nitrogen and oxygen atoms in total. The summed E-state index contributed by atoms with van der Waals surface area (Å²) in [5.74, 6) is 0.491. The maximum Gasteiger partial charge on any atom is 0.251 e. The minimum Gasteiger partial charge on any atom is -0.382 e. The number of thioether (sulfide) groups is 1. The van der Waals surface area contributed by atoms with Crippen molar-refractivity contribution in [1.82, 2.24) is 9.88 Å². The summed E-state index contributed by atoms with van der Waals surface area (Å²) in [6, 6.07) is 19.4. The van der Waals surface area contributed by atoms with Gasteiger partial charge < -0.3 is 30.2 Å². The molecule has 2 unspecified atom stereocenters. The van der Waals surface area contributed by atoms with Crippen LogP contribution >= 0.6 is 24.0 Å². The number of fused-ring (bicyclic) bond motifs is 4. The predicted octanol–water partition coefficient (Wildman–Crippen LogP) is 5.16. The fourth-order valence-electron chi connectivity index (χ4n) is 5.75. The van der Waals surface area contributed by atoms with Crippen molar-refractivity contribution < 1.29 is 9.53 Å². The van der Waals surface area contributed by atoms with E-state index in [0.29, 0.717) is 36.4 Å². The fraction of sp³-hybridized carbons (Fsp3) is 0.387. The lowest BCUT2D eigenvalue weighted by Crippen LogP contribution is -2.47. The van der Waals surface area contributed by atoms with Crippen LogP contribution in [0.4, 0.5) is 17.1 Å². The number of hydrogen-bond donors (Lipinski definition) is 3. The minimum absolute atomic E-state index is 0.0755. The number of aromatic nitrogens is 1. The number of ether oxygens (including phenoxy) is 1. The molecule has 2 aliphatic rings. The van der Waals surface area contributed by atoms with Crippen molar-refractivity contribution in [3.8, 4) is 0 Å². The number of carbonyl (C=O) groups is 1. The van der Waals surface area contributed by atoms with E-state index in [1.807, 2.05) is 54.1 Å². The molecule has 3 heterocycles. The molecule has 2 atom stereocenters. The Hall–Kier alpha value is -3.34. The average molecular weight is 592 g/mol. The van der Waals surface area contributed by atoms with Crippen LogP contribution in [0.25, 0.3) is 0 Å². The largest absolute Gasteiger partial charge is 0.382 e. The van der Waals surface area contributed by atoms with Crippen LogP contribution in [0.1, 0.15) is 41.7 Å². The first-order valence-electron chi connectivity index (χ1n) is 14.1. The lowest BCUT2D eigenvalue weighted by molar-refractivity contribution is 0.0944. The van der Waals surface area contributed by atoms with E-state index in [9.17, 15) is 9.59 Å². The van der Waals surface area contributed by atoms with Crippen LogP contribution < -0.4 is 26.4 Å². The van der Waals surface area contributed by atoms with Crippen molar-refractivity contribution in [2.75, 3.05) is 54.6 Å². The van der Waals surface area contributed by atoms with E-state index in [-0.39, 0.29) is 17.4 Å². The van der Waals surface area contributed by atoms with E-state index in [1.54, 1.807) is 17.8 Å². The van der Waals surface area contributed by atoms with Crippen LogP contribution in [0.15, 0.2) is 70.4 Å². The molecule has 0 aliphatic carbocycles. The van der Waals surface area contributed by atoms with Gasteiger partial charge in [0.05, 0.1) is 11.4 Å². The summed E-state index contributed by atoms with van der Waals surface area (Å²) in [5.41, 5.74) is 4.40. The third kappa shape index (κ3) is 7.12. The SMILES string of the molecule is CCOCCCNC(=O)c1ccc(N2CC3CC(C2)c2cccc(=O)n2C3)c(NC(=S)Nc2cccc(SC)c2)c1. The first kappa shape index (κ1) is 29.2. The number of nitrogens with one attached hydrogen (secondary N) is 3. The van der Waals surface area contributed by atoms with Gasteiger partial charge >= 0.3 is 0 Å². The first-order chi connectivity index (χ1) is 19.9. The number of piperidine rings is 1. The van der Waals surface area contributed by atoms with E-state index < -0.39 is 0 Å². The first-order valence-corrected chi connectivity index (χ1v) is 15.7. The second kappa shape index (κ2) is 13.5. The number of nitrogens with zero attached hydrogens (tertiary/aromatic N) is 2. The summed E-state index contributed by atoms with van der Waals surface area (Å²) in [4.78, 5) is 29.0. The lowest BCUT2D eigenvalue weighted by Gasteiger charge is -2.44. The Morgan fingerprint density at radius 3 is 2.76 bits per heavy atom. The van der Waals surface area contributed by atoms with Crippen molar-refractivity contribution in [1.29, 1.82) is 0 Å². The van der Waals surface area contributed by atoms with E-state index in [1.165, 1.54) is 0 Å². The van der Waals surface area contributed by atoms with Crippen molar-refractivity contribution in [3.05, 3.63) is 82.3 Å². The van der Waals surface area contributed by atoms with E-state index >= 15 is 0 Å². The van der Waals surface area contributed by atoms with E-state index in [2.05, 4.69) is 39.0 Å². The number of amides is 1. The van der Waals surface area contributed by atoms with Gasteiger partial charge in [-0.1, -0.05) is 12.1 Å². The number of benzene rings is 2. The Bertz CT molecular complexity index is 1460. The van der Waals surface area contributed by atoms with Gasteiger partial charge in [-0.05, 0) is 86.6 Å². The van der Waals surface area contributed by atoms with E-state index in [0.717, 1.165) is 60.1 Å². The number of anilines is 3. The average Bonchev–Trinajstić information content (AvgIpc) is 2.97. The Balaban J connectivity index is 1.38. The van der Waals surface area contributed by atoms with Crippen LogP contribution in [0.2, 0.25) is 0 Å². The van der Waals surface area contributed by atoms with Gasteiger partial charge in [-0.25, -0.2) is 0 Å². The Labute approximate surface area is 250 Å². The standard InChI is InChI=1S/C31H37N5O3S2/c1-3-39-14-6-13-32-30(38)22-11-12-28(26(16-22)34-31(40)33-24-7-4-8-25(17-24)41-2)35-18-21-15-23(20-35)27-9-5-10-29(37)36(27)19-21/h4-5,7-12,16-17,21,23H,3,6,13-15,18-20H2,1-2H3,(H,32,38)(H2,33,34,40). The Morgan fingerprint density at radius 1 is 1.07 bits per heavy atom. The normalized spacial score (nSPS) is 17.5. The highest BCUT2D eigenvalue weighted by molar-refractivity contribution is 7.98. The molecule has 3 N–H and O–H groups in total. The molecule has 10 heteroatoms. The summed E-state index contributed by atoms with van der Waals surface area (Å²) in [5, 5.41) is 10.1. The van der Waals surface area contributed by atoms with Gasteiger partial charge in [0.2, 0.25) is 0 Å². The molecule has 5 rings (SSSR count). The quantitative estimate of drug-likeness (QED) is 0.169. The molecule has 1 saturated heterocycles. The maximum absolute atomic E-state index is 13.0. The van der Waals surface area contributed by atoms with Gasteiger partial charge in [-0.3, -0.25) is 9.59 Å². The van der Waals surface area contributed by atoms with Crippen molar-refractivity contribution in [2.24, 2.45) is 5.92 Å². The molecule has 41 heavy (non-hydrogen) atoms. The fourth-order valence-corrected chi connectivity index (χ4v) is 6.44. The zero-order valence-corrected chi connectivity index (χ0v) is 25.2. The molecular formula is C31H37N5O3S2. The summed E-state index contributed by atoms with van der Waals surface area (Å²) in [7, 11) is 0. The van der Waals surface area contributed by atoms with Crippen LogP contribution in [0.3, 0.4) is 0 Å². The smallest absolute Gasteiger partial charge is 0.251 e. The highest BCUT2D eigenvalue weighted by Crippen LogP contribution is 2.39. The van der Waals surface area contributed by atoms with Gasteiger partial charge in [0.25, 0.3) is 11.5 Å². The highest BCUT2D eigenvalue weighted by atomic mass is 32.2. The van der Waals surface area contributed by atoms with Crippen LogP contribution in [0, 0.1) is 5.92 Å². The van der Waals surface area contributed by atoms with Gasteiger partial charge in [-0.2, -0.15) is 0 Å². The zero-order chi connectivity index (χ0) is 28.8. The number of thiocarbonyl (C=S) groups is 1. The molecule has 1 amide bonds. The molecule has 2 aliphatic heterocycles. The monoisotopic (exact) mass is 591 g/mol. The molecule has 0 saturated carbocycles. The number of carbonyl (C=O) groups excluding carboxylic acids is 1. The molecule has 2 bridgehead atoms. The predicted molar refractivity (Wildman–Crippen MR) is 172 cm³/mol. The molecule has 0 radical (unpaired) electrons. The maximum atomic E-state index is 13.0. The molecule has 1 aromatic heterocycles. The van der Waals surface area contributed by atoms with Crippen molar-refractivity contribution in [2.45, 2.75) is 37.1 Å². The topological polar surface area (TPSA) is 87.6 Å². The van der Waals surface area contributed by atoms with Crippen molar-refractivity contribution >= 4 is 52.1 Å². The van der Waals surface area contributed by atoms with Crippen LogP contribution in [-0.2, 0) is 11.3 Å². The van der Waals surface area contributed by atoms with Crippen molar-refractivity contribution in [3.63, 3.8) is 0 Å². The Morgan fingerprint density at radius 2 is 1.93 bits per heavy atom. The third-order valence-corrected chi connectivity index (χ3v) is 8.54. The van der Waals surface area contributed by atoms with Gasteiger partial charge in [0, 0.05) is 73.2 Å². The number of rotatable bonds is 10. The van der Waals surface area contributed by atoms with E-state index in [4.69, 9.17) is 17.0 Å². The molecule has 2 aromatic carbocycles. The zero-order valence-electron chi connectivity index (χ0n) is 23.5. The van der Waals surface area contributed by atoms with Crippen LogP contribution in [-0.4, -0.2) is 54.7 Å². The molecule has 1 fully saturated rings. The van der Waals surface area contributed by atoms with Gasteiger partial charge in [0.15, 0.2) is 5.11 Å². The highest BCUT2D eigenvalue weighted by Gasteiger charge is 2.35. The summed E-state index contributed by atoms with van der Waals surface area (Å²) >= 11 is 7.40.